The van der Waals surface area contributed by atoms with Crippen LogP contribution in [0.4, 0.5) is 10.5 Å². The zero-order valence-corrected chi connectivity index (χ0v) is 22.9. The molecule has 1 aromatic carbocycles. The molecule has 208 valence electrons. The van der Waals surface area contributed by atoms with Crippen molar-refractivity contribution in [1.29, 1.82) is 0 Å². The molecule has 0 saturated heterocycles. The van der Waals surface area contributed by atoms with Crippen molar-refractivity contribution in [2.24, 2.45) is 5.92 Å². The molecule has 0 aliphatic carbocycles. The van der Waals surface area contributed by atoms with Gasteiger partial charge in [-0.1, -0.05) is 32.1 Å². The summed E-state index contributed by atoms with van der Waals surface area (Å²) < 4.78 is 12.6. The minimum Gasteiger partial charge on any atom is -0.438 e. The summed E-state index contributed by atoms with van der Waals surface area (Å²) in [5.74, 6) is -0.0596. The number of hydrogen-bond donors (Lipinski definition) is 2. The molecular formula is C28H35N5O6. The number of hydrogen-bond acceptors (Lipinski definition) is 7. The number of nitrogens with zero attached hydrogens (tertiary/aromatic N) is 3. The number of allylic oxidation sites excluding steroid dienone is 1. The molecule has 2 N–H and O–H groups in total. The van der Waals surface area contributed by atoms with E-state index in [1.165, 1.54) is 28.7 Å². The van der Waals surface area contributed by atoms with Crippen LogP contribution in [0.1, 0.15) is 38.1 Å². The first-order valence-corrected chi connectivity index (χ1v) is 12.7. The molecule has 3 rings (SSSR count). The van der Waals surface area contributed by atoms with Crippen LogP contribution in [0, 0.1) is 5.92 Å². The highest BCUT2D eigenvalue weighted by atomic mass is 16.6. The van der Waals surface area contributed by atoms with E-state index in [0.717, 1.165) is 17.5 Å². The maximum Gasteiger partial charge on any atom is 0.407 e. The Balaban J connectivity index is 1.75. The molecular weight excluding hydrogens is 502 g/mol. The Labute approximate surface area is 226 Å². The molecule has 2 aromatic heterocycles. The van der Waals surface area contributed by atoms with E-state index in [1.807, 2.05) is 18.2 Å². The summed E-state index contributed by atoms with van der Waals surface area (Å²) in [4.78, 5) is 55.6. The lowest BCUT2D eigenvalue weighted by Crippen LogP contribution is -2.37. The van der Waals surface area contributed by atoms with E-state index in [-0.39, 0.29) is 24.6 Å². The quantitative estimate of drug-likeness (QED) is 0.358. The fraction of sp³-hybridized carbons (Fsp3) is 0.393. The lowest BCUT2D eigenvalue weighted by atomic mass is 10.0. The largest absolute Gasteiger partial charge is 0.438 e. The molecule has 39 heavy (non-hydrogen) atoms. The van der Waals surface area contributed by atoms with Gasteiger partial charge in [-0.05, 0) is 55.0 Å². The van der Waals surface area contributed by atoms with E-state index >= 15 is 0 Å². The highest BCUT2D eigenvalue weighted by molar-refractivity contribution is 5.95. The fourth-order valence-electron chi connectivity index (χ4n) is 3.85. The summed E-state index contributed by atoms with van der Waals surface area (Å²) in [5.41, 5.74) is 2.02. The molecule has 11 heteroatoms. The fourth-order valence-corrected chi connectivity index (χ4v) is 3.85. The normalized spacial score (nSPS) is 12.1. The van der Waals surface area contributed by atoms with Gasteiger partial charge >= 0.3 is 6.09 Å². The molecule has 1 unspecified atom stereocenters. The standard InChI is InChI=1S/C28H35N5O6/c1-18(2)16-19-10-8-11-20-25(19)39-23(30-20)17-33-15-9-12-21(27(33)36)31-26(35)22(38-28(37)29-3)13-6-7-14-24(34)32(4)5/h7-12,14-15,18,22H,6,13,16-17H2,1-5H3,(H,29,37)(H,31,35)/b14-7+. The summed E-state index contributed by atoms with van der Waals surface area (Å²) in [6.07, 6.45) is 3.82. The number of carbonyl (C=O) groups excluding carboxylic acids is 3. The third-order valence-electron chi connectivity index (χ3n) is 5.80. The summed E-state index contributed by atoms with van der Waals surface area (Å²) in [7, 11) is 4.62. The SMILES string of the molecule is CNC(=O)OC(CC/C=C/C(=O)N(C)C)C(=O)Nc1cccn(Cc2nc3cccc(CC(C)C)c3o2)c1=O. The molecule has 3 amide bonds. The van der Waals surface area contributed by atoms with Crippen LogP contribution in [-0.4, -0.2) is 59.6 Å². The smallest absolute Gasteiger partial charge is 0.407 e. The molecule has 0 aliphatic heterocycles. The van der Waals surface area contributed by atoms with Crippen molar-refractivity contribution in [2.75, 3.05) is 26.5 Å². The number of anilines is 1. The number of para-hydroxylation sites is 1. The van der Waals surface area contributed by atoms with Gasteiger partial charge in [-0.15, -0.1) is 0 Å². The molecule has 0 aliphatic rings. The average molecular weight is 538 g/mol. The van der Waals surface area contributed by atoms with E-state index in [1.54, 1.807) is 32.4 Å². The van der Waals surface area contributed by atoms with Crippen molar-refractivity contribution in [2.45, 2.75) is 45.8 Å². The second-order valence-electron chi connectivity index (χ2n) is 9.67. The van der Waals surface area contributed by atoms with Crippen LogP contribution in [0.5, 0.6) is 0 Å². The predicted molar refractivity (Wildman–Crippen MR) is 147 cm³/mol. The lowest BCUT2D eigenvalue weighted by Gasteiger charge is -2.17. The highest BCUT2D eigenvalue weighted by Crippen LogP contribution is 2.23. The van der Waals surface area contributed by atoms with Gasteiger partial charge in [0.1, 0.15) is 17.7 Å². The Kier molecular flexibility index (Phi) is 10.0. The maximum absolute atomic E-state index is 13.1. The first-order chi connectivity index (χ1) is 18.6. The summed E-state index contributed by atoms with van der Waals surface area (Å²) in [5, 5.41) is 4.87. The van der Waals surface area contributed by atoms with Crippen molar-refractivity contribution in [3.05, 3.63) is 70.5 Å². The zero-order chi connectivity index (χ0) is 28.5. The van der Waals surface area contributed by atoms with E-state index in [2.05, 4.69) is 29.5 Å². The van der Waals surface area contributed by atoms with E-state index in [4.69, 9.17) is 9.15 Å². The van der Waals surface area contributed by atoms with Crippen LogP contribution >= 0.6 is 0 Å². The lowest BCUT2D eigenvalue weighted by molar-refractivity contribution is -0.124. The second kappa shape index (κ2) is 13.4. The number of ether oxygens (including phenoxy) is 1. The number of nitrogens with one attached hydrogen (secondary N) is 2. The molecule has 0 spiro atoms. The van der Waals surface area contributed by atoms with Crippen LogP contribution in [0.25, 0.3) is 11.1 Å². The topological polar surface area (TPSA) is 136 Å². The molecule has 0 bridgehead atoms. The number of rotatable bonds is 11. The average Bonchev–Trinajstić information content (AvgIpc) is 3.31. The van der Waals surface area contributed by atoms with Crippen molar-refractivity contribution < 1.29 is 23.5 Å². The van der Waals surface area contributed by atoms with E-state index in [0.29, 0.717) is 23.8 Å². The Morgan fingerprint density at radius 3 is 2.64 bits per heavy atom. The van der Waals surface area contributed by atoms with Crippen molar-refractivity contribution in [3.63, 3.8) is 0 Å². The first kappa shape index (κ1) is 29.2. The Hall–Kier alpha value is -4.41. The number of oxazole rings is 1. The third-order valence-corrected chi connectivity index (χ3v) is 5.80. The number of benzene rings is 1. The highest BCUT2D eigenvalue weighted by Gasteiger charge is 2.23. The van der Waals surface area contributed by atoms with Crippen molar-refractivity contribution >= 4 is 34.7 Å². The number of carbonyl (C=O) groups is 3. The number of aromatic nitrogens is 2. The van der Waals surface area contributed by atoms with Gasteiger partial charge in [-0.25, -0.2) is 9.78 Å². The number of alkyl carbamates (subject to hydrolysis) is 1. The number of amides is 3. The summed E-state index contributed by atoms with van der Waals surface area (Å²) >= 11 is 0. The van der Waals surface area contributed by atoms with Crippen molar-refractivity contribution in [3.8, 4) is 0 Å². The molecule has 0 fully saturated rings. The van der Waals surface area contributed by atoms with Gasteiger partial charge in [0.15, 0.2) is 11.7 Å². The Morgan fingerprint density at radius 1 is 1.18 bits per heavy atom. The van der Waals surface area contributed by atoms with E-state index < -0.39 is 23.7 Å². The van der Waals surface area contributed by atoms with Gasteiger partial charge < -0.3 is 29.3 Å². The second-order valence-corrected chi connectivity index (χ2v) is 9.67. The van der Waals surface area contributed by atoms with Crippen LogP contribution in [-0.2, 0) is 27.3 Å². The Morgan fingerprint density at radius 2 is 1.95 bits per heavy atom. The first-order valence-electron chi connectivity index (χ1n) is 12.7. The van der Waals surface area contributed by atoms with Crippen molar-refractivity contribution in [1.82, 2.24) is 19.8 Å². The van der Waals surface area contributed by atoms with Crippen LogP contribution in [0.3, 0.4) is 0 Å². The number of likely N-dealkylation sites (N-methyl/N-ethyl adjacent to an activating group) is 1. The van der Waals surface area contributed by atoms with E-state index in [9.17, 15) is 19.2 Å². The van der Waals surface area contributed by atoms with Gasteiger partial charge in [-0.2, -0.15) is 0 Å². The zero-order valence-electron chi connectivity index (χ0n) is 22.9. The maximum atomic E-state index is 13.1. The molecule has 11 nitrogen and oxygen atoms in total. The van der Waals surface area contributed by atoms with Crippen LogP contribution in [0.15, 0.2) is 57.9 Å². The van der Waals surface area contributed by atoms with Gasteiger partial charge in [0.05, 0.1) is 0 Å². The van der Waals surface area contributed by atoms with Crippen LogP contribution in [0.2, 0.25) is 0 Å². The minimum atomic E-state index is -1.19. The predicted octanol–water partition coefficient (Wildman–Crippen LogP) is 3.32. The molecule has 2 heterocycles. The molecule has 3 aromatic rings. The third kappa shape index (κ3) is 8.03. The van der Waals surface area contributed by atoms with Gasteiger partial charge in [0.25, 0.3) is 11.5 Å². The molecule has 0 radical (unpaired) electrons. The number of fused-ring (bicyclic) bond motifs is 1. The van der Waals surface area contributed by atoms with Gasteiger partial charge in [0.2, 0.25) is 11.8 Å². The molecule has 0 saturated carbocycles. The monoisotopic (exact) mass is 537 g/mol. The summed E-state index contributed by atoms with van der Waals surface area (Å²) in [6, 6.07) is 8.89. The Bertz CT molecular complexity index is 1400. The van der Waals surface area contributed by atoms with Gasteiger partial charge in [0, 0.05) is 27.3 Å². The van der Waals surface area contributed by atoms with Crippen LogP contribution < -0.4 is 16.2 Å². The minimum absolute atomic E-state index is 0.0166. The van der Waals surface area contributed by atoms with Gasteiger partial charge in [-0.3, -0.25) is 14.4 Å². The molecule has 1 atom stereocenters. The number of pyridine rings is 1. The summed E-state index contributed by atoms with van der Waals surface area (Å²) in [6.45, 7) is 4.33.